The van der Waals surface area contributed by atoms with E-state index >= 15 is 0 Å². The minimum atomic E-state index is -3.58. The maximum atomic E-state index is 12.4. The monoisotopic (exact) mass is 335 g/mol. The Morgan fingerprint density at radius 3 is 2.87 bits per heavy atom. The number of aryl methyl sites for hydroxylation is 2. The number of hydrogen-bond acceptors (Lipinski definition) is 5. The molecule has 0 bridgehead atoms. The highest BCUT2D eigenvalue weighted by Gasteiger charge is 2.27. The van der Waals surface area contributed by atoms with Crippen molar-refractivity contribution >= 4 is 15.8 Å². The van der Waals surface area contributed by atoms with Crippen molar-refractivity contribution in [2.24, 2.45) is 7.05 Å². The van der Waals surface area contributed by atoms with Crippen LogP contribution in [0.5, 0.6) is 0 Å². The lowest BCUT2D eigenvalue weighted by Crippen LogP contribution is -2.48. The van der Waals surface area contributed by atoms with E-state index in [1.165, 1.54) is 12.5 Å². The Morgan fingerprint density at radius 2 is 2.17 bits per heavy atom. The van der Waals surface area contributed by atoms with Gasteiger partial charge in [-0.05, 0) is 31.9 Å². The van der Waals surface area contributed by atoms with Crippen molar-refractivity contribution in [1.29, 1.82) is 0 Å². The third-order valence-electron chi connectivity index (χ3n) is 3.90. The lowest BCUT2D eigenvalue weighted by atomic mass is 10.1. The third-order valence-corrected chi connectivity index (χ3v) is 5.30. The van der Waals surface area contributed by atoms with E-state index < -0.39 is 10.0 Å². The molecule has 2 aromatic heterocycles. The van der Waals surface area contributed by atoms with Crippen LogP contribution in [-0.2, 0) is 17.1 Å². The summed E-state index contributed by atoms with van der Waals surface area (Å²) in [7, 11) is -1.83. The summed E-state index contributed by atoms with van der Waals surface area (Å²) >= 11 is 0. The molecule has 0 aliphatic carbocycles. The van der Waals surface area contributed by atoms with E-state index in [0.29, 0.717) is 6.54 Å². The fraction of sp³-hybridized carbons (Fsp3) is 0.467. The van der Waals surface area contributed by atoms with Gasteiger partial charge in [0.25, 0.3) is 10.0 Å². The molecule has 8 heteroatoms. The molecule has 0 spiro atoms. The zero-order valence-corrected chi connectivity index (χ0v) is 14.1. The molecule has 0 saturated carbocycles. The van der Waals surface area contributed by atoms with Gasteiger partial charge in [0.2, 0.25) is 0 Å². The molecular weight excluding hydrogens is 314 g/mol. The Kier molecular flexibility index (Phi) is 4.36. The van der Waals surface area contributed by atoms with Gasteiger partial charge in [-0.3, -0.25) is 0 Å². The normalized spacial score (nSPS) is 19.0. The predicted octanol–water partition coefficient (Wildman–Crippen LogP) is 1.07. The van der Waals surface area contributed by atoms with Gasteiger partial charge in [-0.25, -0.2) is 23.1 Å². The molecule has 1 aliphatic rings. The molecule has 1 N–H and O–H groups in total. The molecule has 1 saturated heterocycles. The van der Waals surface area contributed by atoms with Crippen LogP contribution in [0.4, 0.5) is 5.82 Å². The number of rotatable bonds is 4. The highest BCUT2D eigenvalue weighted by molar-refractivity contribution is 7.89. The number of sulfonamides is 1. The van der Waals surface area contributed by atoms with Crippen molar-refractivity contribution in [2.75, 3.05) is 18.0 Å². The molecule has 0 amide bonds. The molecule has 1 aliphatic heterocycles. The maximum Gasteiger partial charge on any atom is 0.259 e. The second-order valence-corrected chi connectivity index (χ2v) is 7.58. The van der Waals surface area contributed by atoms with E-state index in [-0.39, 0.29) is 11.1 Å². The number of imidazole rings is 1. The zero-order valence-electron chi connectivity index (χ0n) is 13.3. The second kappa shape index (κ2) is 6.29. The number of nitrogens with one attached hydrogen (secondary N) is 1. The van der Waals surface area contributed by atoms with E-state index in [9.17, 15) is 8.42 Å². The number of anilines is 1. The van der Waals surface area contributed by atoms with Crippen LogP contribution in [0.15, 0.2) is 35.7 Å². The molecule has 0 unspecified atom stereocenters. The Hall–Kier alpha value is -1.93. The van der Waals surface area contributed by atoms with Crippen molar-refractivity contribution in [1.82, 2.24) is 19.3 Å². The summed E-state index contributed by atoms with van der Waals surface area (Å²) in [5, 5.41) is 0.0609. The van der Waals surface area contributed by atoms with Gasteiger partial charge < -0.3 is 9.47 Å². The van der Waals surface area contributed by atoms with Crippen LogP contribution in [0.2, 0.25) is 0 Å². The molecule has 0 aromatic carbocycles. The van der Waals surface area contributed by atoms with Gasteiger partial charge >= 0.3 is 0 Å². The van der Waals surface area contributed by atoms with E-state index in [0.717, 1.165) is 30.9 Å². The second-order valence-electron chi connectivity index (χ2n) is 5.92. The van der Waals surface area contributed by atoms with E-state index in [2.05, 4.69) is 19.6 Å². The third kappa shape index (κ3) is 3.70. The quantitative estimate of drug-likeness (QED) is 0.904. The van der Waals surface area contributed by atoms with Crippen LogP contribution < -0.4 is 9.62 Å². The summed E-state index contributed by atoms with van der Waals surface area (Å²) in [5.74, 6) is 0.895. The van der Waals surface area contributed by atoms with Crippen molar-refractivity contribution in [3.05, 3.63) is 36.4 Å². The standard InChI is InChI=1S/C15H21N5O2S/c1-12-5-3-7-14(17-12)20-8-4-6-13(9-20)18-23(21,22)15-10-19(2)11-16-15/h3,5,7,10-11,13,18H,4,6,8-9H2,1-2H3/t13-/m0/s1. The van der Waals surface area contributed by atoms with Crippen LogP contribution in [0.3, 0.4) is 0 Å². The lowest BCUT2D eigenvalue weighted by Gasteiger charge is -2.33. The fourth-order valence-corrected chi connectivity index (χ4v) is 4.04. The average Bonchev–Trinajstić information content (AvgIpc) is 2.95. The van der Waals surface area contributed by atoms with Crippen LogP contribution in [-0.4, -0.2) is 42.1 Å². The SMILES string of the molecule is Cc1cccc(N2CCC[C@H](NS(=O)(=O)c3cn(C)cn3)C2)n1. The highest BCUT2D eigenvalue weighted by Crippen LogP contribution is 2.19. The first kappa shape index (κ1) is 15.9. The lowest BCUT2D eigenvalue weighted by molar-refractivity contribution is 0.463. The molecule has 2 aromatic rings. The number of aromatic nitrogens is 3. The van der Waals surface area contributed by atoms with Crippen LogP contribution >= 0.6 is 0 Å². The molecular formula is C15H21N5O2S. The van der Waals surface area contributed by atoms with Crippen LogP contribution in [0.25, 0.3) is 0 Å². The minimum Gasteiger partial charge on any atom is -0.355 e. The summed E-state index contributed by atoms with van der Waals surface area (Å²) in [6.45, 7) is 3.45. The number of nitrogens with zero attached hydrogens (tertiary/aromatic N) is 4. The summed E-state index contributed by atoms with van der Waals surface area (Å²) in [6, 6.07) is 5.74. The summed E-state index contributed by atoms with van der Waals surface area (Å²) in [6.07, 6.45) is 4.73. The van der Waals surface area contributed by atoms with Gasteiger partial charge in [0.15, 0.2) is 5.03 Å². The minimum absolute atomic E-state index is 0.0609. The summed E-state index contributed by atoms with van der Waals surface area (Å²) < 4.78 is 29.2. The zero-order chi connectivity index (χ0) is 16.4. The molecule has 1 atom stereocenters. The van der Waals surface area contributed by atoms with E-state index in [1.54, 1.807) is 11.6 Å². The van der Waals surface area contributed by atoms with Gasteiger partial charge in [-0.2, -0.15) is 0 Å². The Balaban J connectivity index is 1.72. The first-order valence-corrected chi connectivity index (χ1v) is 9.11. The molecule has 23 heavy (non-hydrogen) atoms. The first-order valence-electron chi connectivity index (χ1n) is 7.63. The number of pyridine rings is 1. The van der Waals surface area contributed by atoms with Crippen LogP contribution in [0, 0.1) is 6.92 Å². The van der Waals surface area contributed by atoms with Crippen molar-refractivity contribution < 1.29 is 8.42 Å². The molecule has 3 heterocycles. The van der Waals surface area contributed by atoms with E-state index in [1.807, 2.05) is 25.1 Å². The first-order chi connectivity index (χ1) is 10.9. The van der Waals surface area contributed by atoms with Crippen LogP contribution in [0.1, 0.15) is 18.5 Å². The molecule has 7 nitrogen and oxygen atoms in total. The Bertz CT molecular complexity index is 787. The topological polar surface area (TPSA) is 80.1 Å². The van der Waals surface area contributed by atoms with Gasteiger partial charge in [0.05, 0.1) is 6.33 Å². The van der Waals surface area contributed by atoms with Gasteiger partial charge in [-0.15, -0.1) is 0 Å². The number of piperidine rings is 1. The summed E-state index contributed by atoms with van der Waals surface area (Å²) in [4.78, 5) is 10.6. The van der Waals surface area contributed by atoms with Gasteiger partial charge in [0.1, 0.15) is 5.82 Å². The fourth-order valence-electron chi connectivity index (χ4n) is 2.79. The van der Waals surface area contributed by atoms with Crippen molar-refractivity contribution in [2.45, 2.75) is 30.8 Å². The highest BCUT2D eigenvalue weighted by atomic mass is 32.2. The van der Waals surface area contributed by atoms with Gasteiger partial charge in [-0.1, -0.05) is 6.07 Å². The predicted molar refractivity (Wildman–Crippen MR) is 87.7 cm³/mol. The molecule has 124 valence electrons. The Morgan fingerprint density at radius 1 is 1.35 bits per heavy atom. The van der Waals surface area contributed by atoms with Crippen molar-refractivity contribution in [3.63, 3.8) is 0 Å². The summed E-state index contributed by atoms with van der Waals surface area (Å²) in [5.41, 5.74) is 0.957. The molecule has 0 radical (unpaired) electrons. The molecule has 3 rings (SSSR count). The number of hydrogen-bond donors (Lipinski definition) is 1. The molecule has 1 fully saturated rings. The largest absolute Gasteiger partial charge is 0.355 e. The maximum absolute atomic E-state index is 12.4. The smallest absolute Gasteiger partial charge is 0.259 e. The average molecular weight is 335 g/mol. The van der Waals surface area contributed by atoms with E-state index in [4.69, 9.17) is 0 Å². The van der Waals surface area contributed by atoms with Gasteiger partial charge in [0, 0.05) is 38.1 Å². The Labute approximate surface area is 136 Å². The van der Waals surface area contributed by atoms with Crippen molar-refractivity contribution in [3.8, 4) is 0 Å².